The molecule has 68 valence electrons. The molecule has 1 aliphatic rings. The van der Waals surface area contributed by atoms with E-state index < -0.39 is 24.4 Å². The standard InChI is InChI=1S/C7H8F3NO/c8-6-1-4(12-10)2-7(9)5(6)3-11/h4-7H,1-2H2. The first-order chi connectivity index (χ1) is 5.69. The summed E-state index contributed by atoms with van der Waals surface area (Å²) in [6.07, 6.45) is -4.77. The van der Waals surface area contributed by atoms with Crippen molar-refractivity contribution >= 4 is 0 Å². The van der Waals surface area contributed by atoms with Crippen LogP contribution in [0.25, 0.3) is 0 Å². The van der Waals surface area contributed by atoms with Crippen LogP contribution in [-0.4, -0.2) is 18.4 Å². The Hall–Kier alpha value is -0.760. The molecule has 5 heteroatoms. The molecule has 0 N–H and O–H groups in total. The average Bonchev–Trinajstić information content (AvgIpc) is 2.03. The molecule has 2 unspecified atom stereocenters. The average molecular weight is 179 g/mol. The van der Waals surface area contributed by atoms with Gasteiger partial charge in [-0.25, -0.2) is 8.78 Å². The van der Waals surface area contributed by atoms with E-state index >= 15 is 0 Å². The van der Waals surface area contributed by atoms with Gasteiger partial charge >= 0.3 is 0 Å². The second kappa shape index (κ2) is 3.76. The summed E-state index contributed by atoms with van der Waals surface area (Å²) in [5.41, 5.74) is 0. The number of halogens is 3. The number of nitrogens with zero attached hydrogens (tertiary/aromatic N) is 1. The first-order valence-corrected chi connectivity index (χ1v) is 3.64. The summed E-state index contributed by atoms with van der Waals surface area (Å²) >= 11 is 0. The largest absolute Gasteiger partial charge is 0.246 e. The lowest BCUT2D eigenvalue weighted by Gasteiger charge is -2.27. The van der Waals surface area contributed by atoms with Gasteiger partial charge in [0.25, 0.3) is 0 Å². The number of nitriles is 1. The SMILES string of the molecule is N#CC1C(F)CC(OF)CC1F. The van der Waals surface area contributed by atoms with Crippen molar-refractivity contribution in [1.82, 2.24) is 0 Å². The molecule has 2 atom stereocenters. The minimum atomic E-state index is -1.63. The van der Waals surface area contributed by atoms with E-state index in [1.165, 1.54) is 6.07 Å². The van der Waals surface area contributed by atoms with Gasteiger partial charge in [0, 0.05) is 12.8 Å². The zero-order valence-corrected chi connectivity index (χ0v) is 6.21. The molecule has 0 aromatic carbocycles. The van der Waals surface area contributed by atoms with Crippen LogP contribution >= 0.6 is 0 Å². The number of hydrogen-bond donors (Lipinski definition) is 0. The Balaban J connectivity index is 2.58. The fraction of sp³-hybridized carbons (Fsp3) is 0.857. The summed E-state index contributed by atoms with van der Waals surface area (Å²) in [6.45, 7) is 0. The normalized spacial score (nSPS) is 42.2. The van der Waals surface area contributed by atoms with E-state index in [2.05, 4.69) is 4.94 Å². The van der Waals surface area contributed by atoms with Crippen LogP contribution < -0.4 is 0 Å². The second-order valence-corrected chi connectivity index (χ2v) is 2.87. The lowest BCUT2D eigenvalue weighted by atomic mass is 9.85. The third-order valence-corrected chi connectivity index (χ3v) is 2.03. The van der Waals surface area contributed by atoms with E-state index in [9.17, 15) is 13.3 Å². The van der Waals surface area contributed by atoms with Gasteiger partial charge in [-0.05, 0) is 4.53 Å². The highest BCUT2D eigenvalue weighted by atomic mass is 19.3. The predicted octanol–water partition coefficient (Wildman–Crippen LogP) is 1.87. The number of hydrogen-bond acceptors (Lipinski definition) is 2. The maximum Gasteiger partial charge on any atom is 0.121 e. The molecule has 0 radical (unpaired) electrons. The molecular weight excluding hydrogens is 171 g/mol. The lowest BCUT2D eigenvalue weighted by Crippen LogP contribution is -2.37. The van der Waals surface area contributed by atoms with E-state index in [-0.39, 0.29) is 12.8 Å². The Bertz CT molecular complexity index is 182. The molecule has 0 heterocycles. The third-order valence-electron chi connectivity index (χ3n) is 2.03. The minimum absolute atomic E-state index is 0.241. The first kappa shape index (κ1) is 9.33. The van der Waals surface area contributed by atoms with Gasteiger partial charge in [0.15, 0.2) is 0 Å². The summed E-state index contributed by atoms with van der Waals surface area (Å²) in [5, 5.41) is 8.33. The Morgan fingerprint density at radius 2 is 1.75 bits per heavy atom. The van der Waals surface area contributed by atoms with Gasteiger partial charge < -0.3 is 0 Å². The van der Waals surface area contributed by atoms with Gasteiger partial charge in [0.1, 0.15) is 24.4 Å². The molecule has 0 aromatic heterocycles. The van der Waals surface area contributed by atoms with E-state index in [1.807, 2.05) is 0 Å². The summed E-state index contributed by atoms with van der Waals surface area (Å²) in [7, 11) is 0. The fourth-order valence-electron chi connectivity index (χ4n) is 1.35. The summed E-state index contributed by atoms with van der Waals surface area (Å²) in [5.74, 6) is -1.27. The quantitative estimate of drug-likeness (QED) is 0.615. The van der Waals surface area contributed by atoms with Gasteiger partial charge in [-0.15, -0.1) is 0 Å². The third kappa shape index (κ3) is 1.69. The summed E-state index contributed by atoms with van der Waals surface area (Å²) in [6, 6.07) is 1.52. The van der Waals surface area contributed by atoms with Gasteiger partial charge in [0.05, 0.1) is 6.07 Å². The van der Waals surface area contributed by atoms with Gasteiger partial charge in [-0.1, -0.05) is 0 Å². The van der Waals surface area contributed by atoms with E-state index in [4.69, 9.17) is 5.26 Å². The van der Waals surface area contributed by atoms with Crippen LogP contribution in [0.15, 0.2) is 0 Å². The molecule has 0 saturated heterocycles. The zero-order valence-electron chi connectivity index (χ0n) is 6.21. The van der Waals surface area contributed by atoms with Crippen molar-refractivity contribution in [2.75, 3.05) is 0 Å². The van der Waals surface area contributed by atoms with Crippen molar-refractivity contribution in [1.29, 1.82) is 5.26 Å². The molecule has 1 aliphatic carbocycles. The highest BCUT2D eigenvalue weighted by molar-refractivity contribution is 4.98. The van der Waals surface area contributed by atoms with Crippen LogP contribution in [0.3, 0.4) is 0 Å². The molecule has 0 spiro atoms. The van der Waals surface area contributed by atoms with E-state index in [0.717, 1.165) is 0 Å². The first-order valence-electron chi connectivity index (χ1n) is 3.64. The molecule has 0 aromatic rings. The van der Waals surface area contributed by atoms with E-state index in [0.29, 0.717) is 0 Å². The van der Waals surface area contributed by atoms with Gasteiger partial charge in [-0.2, -0.15) is 10.2 Å². The van der Waals surface area contributed by atoms with Crippen LogP contribution in [0.4, 0.5) is 13.3 Å². The Morgan fingerprint density at radius 3 is 2.08 bits per heavy atom. The zero-order chi connectivity index (χ0) is 9.14. The molecule has 2 nitrogen and oxygen atoms in total. The lowest BCUT2D eigenvalue weighted by molar-refractivity contribution is -0.201. The van der Waals surface area contributed by atoms with Gasteiger partial charge in [-0.3, -0.25) is 0 Å². The number of alkyl halides is 2. The van der Waals surface area contributed by atoms with E-state index in [1.54, 1.807) is 0 Å². The minimum Gasteiger partial charge on any atom is -0.246 e. The molecule has 0 aliphatic heterocycles. The predicted molar refractivity (Wildman–Crippen MR) is 34.1 cm³/mol. The Labute approximate surface area is 67.8 Å². The van der Waals surface area contributed by atoms with Gasteiger partial charge in [0.2, 0.25) is 0 Å². The maximum absolute atomic E-state index is 12.8. The van der Waals surface area contributed by atoms with Crippen LogP contribution in [0.1, 0.15) is 12.8 Å². The molecule has 0 bridgehead atoms. The smallest absolute Gasteiger partial charge is 0.121 e. The van der Waals surface area contributed by atoms with Crippen LogP contribution in [0.5, 0.6) is 0 Å². The fourth-order valence-corrected chi connectivity index (χ4v) is 1.35. The van der Waals surface area contributed by atoms with Crippen molar-refractivity contribution < 1.29 is 18.2 Å². The van der Waals surface area contributed by atoms with Crippen LogP contribution in [0, 0.1) is 17.2 Å². The number of rotatable bonds is 1. The Kier molecular flexibility index (Phi) is 2.93. The molecule has 1 fully saturated rings. The molecule has 1 saturated carbocycles. The van der Waals surface area contributed by atoms with Crippen molar-refractivity contribution in [2.45, 2.75) is 31.3 Å². The van der Waals surface area contributed by atoms with Crippen LogP contribution in [-0.2, 0) is 4.94 Å². The van der Waals surface area contributed by atoms with Crippen molar-refractivity contribution in [3.8, 4) is 6.07 Å². The van der Waals surface area contributed by atoms with Crippen LogP contribution in [0.2, 0.25) is 0 Å². The topological polar surface area (TPSA) is 33.0 Å². The summed E-state index contributed by atoms with van der Waals surface area (Å²) in [4.78, 5) is 3.34. The molecule has 12 heavy (non-hydrogen) atoms. The molecule has 1 rings (SSSR count). The molecular formula is C7H8F3NO. The maximum atomic E-state index is 12.8. The highest BCUT2D eigenvalue weighted by Gasteiger charge is 2.39. The Morgan fingerprint density at radius 1 is 1.25 bits per heavy atom. The summed E-state index contributed by atoms with van der Waals surface area (Å²) < 4.78 is 37.2. The van der Waals surface area contributed by atoms with Crippen molar-refractivity contribution in [2.24, 2.45) is 5.92 Å². The molecule has 0 amide bonds. The van der Waals surface area contributed by atoms with Crippen molar-refractivity contribution in [3.05, 3.63) is 0 Å². The highest BCUT2D eigenvalue weighted by Crippen LogP contribution is 2.31. The monoisotopic (exact) mass is 179 g/mol. The van der Waals surface area contributed by atoms with Crippen molar-refractivity contribution in [3.63, 3.8) is 0 Å². The second-order valence-electron chi connectivity index (χ2n) is 2.87.